The lowest BCUT2D eigenvalue weighted by Gasteiger charge is -2.10. The molecule has 0 aliphatic carbocycles. The molecule has 0 aliphatic rings. The third kappa shape index (κ3) is 7.16. The summed E-state index contributed by atoms with van der Waals surface area (Å²) in [6.07, 6.45) is 1.33. The van der Waals surface area contributed by atoms with E-state index in [1.165, 1.54) is 6.21 Å². The molecule has 0 fully saturated rings. The van der Waals surface area contributed by atoms with E-state index < -0.39 is 11.8 Å². The predicted molar refractivity (Wildman–Crippen MR) is 134 cm³/mol. The van der Waals surface area contributed by atoms with Crippen molar-refractivity contribution in [1.29, 1.82) is 0 Å². The maximum Gasteiger partial charge on any atom is 0.329 e. The van der Waals surface area contributed by atoms with Gasteiger partial charge in [0.1, 0.15) is 11.5 Å². The molecule has 3 aromatic rings. The van der Waals surface area contributed by atoms with Crippen LogP contribution in [0.3, 0.4) is 0 Å². The molecule has 3 amide bonds. The van der Waals surface area contributed by atoms with Crippen LogP contribution in [0, 0.1) is 13.8 Å². The first kappa shape index (κ1) is 25.0. The molecule has 180 valence electrons. The topological polar surface area (TPSA) is 118 Å². The van der Waals surface area contributed by atoms with Crippen molar-refractivity contribution in [3.8, 4) is 11.5 Å². The summed E-state index contributed by atoms with van der Waals surface area (Å²) >= 11 is 0. The van der Waals surface area contributed by atoms with E-state index in [2.05, 4.69) is 21.2 Å². The predicted octanol–water partition coefficient (Wildman–Crippen LogP) is 3.42. The molecular formula is C26H26N4O5. The van der Waals surface area contributed by atoms with Crippen LogP contribution < -0.4 is 25.5 Å². The van der Waals surface area contributed by atoms with Gasteiger partial charge in [-0.1, -0.05) is 30.3 Å². The molecule has 0 aromatic heterocycles. The number of hydrogen-bond donors (Lipinski definition) is 3. The number of carbonyl (C=O) groups excluding carboxylic acids is 3. The molecule has 3 rings (SSSR count). The minimum absolute atomic E-state index is 0.243. The molecule has 0 unspecified atom stereocenters. The van der Waals surface area contributed by atoms with Gasteiger partial charge < -0.3 is 20.1 Å². The second kappa shape index (κ2) is 12.0. The van der Waals surface area contributed by atoms with E-state index in [0.717, 1.165) is 11.1 Å². The monoisotopic (exact) mass is 474 g/mol. The van der Waals surface area contributed by atoms with Crippen LogP contribution in [-0.4, -0.2) is 37.7 Å². The number of anilines is 2. The van der Waals surface area contributed by atoms with Gasteiger partial charge in [-0.2, -0.15) is 5.10 Å². The highest BCUT2D eigenvalue weighted by molar-refractivity contribution is 6.39. The molecule has 0 heterocycles. The summed E-state index contributed by atoms with van der Waals surface area (Å²) in [5, 5.41) is 9.13. The second-order valence-corrected chi connectivity index (χ2v) is 7.51. The minimum atomic E-state index is -0.918. The largest absolute Gasteiger partial charge is 0.497 e. The first-order valence-electron chi connectivity index (χ1n) is 10.7. The highest BCUT2D eigenvalue weighted by Gasteiger charge is 2.14. The van der Waals surface area contributed by atoms with Gasteiger partial charge in [-0.3, -0.25) is 14.4 Å². The molecule has 0 saturated carbocycles. The van der Waals surface area contributed by atoms with Crippen molar-refractivity contribution in [2.75, 3.05) is 24.4 Å². The van der Waals surface area contributed by atoms with E-state index in [1.807, 2.05) is 19.9 Å². The average Bonchev–Trinajstić information content (AvgIpc) is 2.86. The number of benzene rings is 3. The number of ether oxygens (including phenoxy) is 2. The Hall–Kier alpha value is -4.66. The Morgan fingerprint density at radius 2 is 1.69 bits per heavy atom. The van der Waals surface area contributed by atoms with Gasteiger partial charge in [0.25, 0.3) is 5.91 Å². The Kier molecular flexibility index (Phi) is 8.55. The molecule has 3 aromatic carbocycles. The van der Waals surface area contributed by atoms with E-state index in [0.29, 0.717) is 28.4 Å². The Morgan fingerprint density at radius 1 is 0.914 bits per heavy atom. The van der Waals surface area contributed by atoms with E-state index in [-0.39, 0.29) is 12.5 Å². The van der Waals surface area contributed by atoms with Gasteiger partial charge >= 0.3 is 11.8 Å². The summed E-state index contributed by atoms with van der Waals surface area (Å²) in [5.41, 5.74) is 5.71. The van der Waals surface area contributed by atoms with E-state index in [9.17, 15) is 14.4 Å². The van der Waals surface area contributed by atoms with Crippen molar-refractivity contribution in [3.63, 3.8) is 0 Å². The zero-order valence-electron chi connectivity index (χ0n) is 19.6. The Bertz CT molecular complexity index is 1260. The molecule has 0 atom stereocenters. The van der Waals surface area contributed by atoms with Crippen molar-refractivity contribution in [1.82, 2.24) is 5.43 Å². The zero-order valence-corrected chi connectivity index (χ0v) is 19.6. The van der Waals surface area contributed by atoms with Crippen LogP contribution >= 0.6 is 0 Å². The summed E-state index contributed by atoms with van der Waals surface area (Å²) in [5.74, 6) is -1.12. The first-order valence-corrected chi connectivity index (χ1v) is 10.7. The van der Waals surface area contributed by atoms with Gasteiger partial charge in [0.15, 0.2) is 6.61 Å². The Morgan fingerprint density at radius 3 is 2.49 bits per heavy atom. The van der Waals surface area contributed by atoms with Crippen molar-refractivity contribution < 1.29 is 23.9 Å². The summed E-state index contributed by atoms with van der Waals surface area (Å²) in [6.45, 7) is 3.53. The minimum Gasteiger partial charge on any atom is -0.497 e. The lowest BCUT2D eigenvalue weighted by atomic mass is 10.1. The highest BCUT2D eigenvalue weighted by Crippen LogP contribution is 2.19. The fourth-order valence-corrected chi connectivity index (χ4v) is 3.04. The van der Waals surface area contributed by atoms with E-state index >= 15 is 0 Å². The number of hydrazone groups is 1. The van der Waals surface area contributed by atoms with Crippen LogP contribution in [0.15, 0.2) is 71.8 Å². The molecule has 0 bridgehead atoms. The van der Waals surface area contributed by atoms with Gasteiger partial charge in [-0.25, -0.2) is 5.43 Å². The number of rotatable bonds is 8. The quantitative estimate of drug-likeness (QED) is 0.263. The highest BCUT2D eigenvalue weighted by atomic mass is 16.5. The molecule has 0 saturated heterocycles. The second-order valence-electron chi connectivity index (χ2n) is 7.51. The molecule has 0 spiro atoms. The Labute approximate surface area is 203 Å². The first-order chi connectivity index (χ1) is 16.9. The summed E-state index contributed by atoms with van der Waals surface area (Å²) in [6, 6.07) is 19.2. The molecule has 9 nitrogen and oxygen atoms in total. The molecule has 0 radical (unpaired) electrons. The number of para-hydroxylation sites is 1. The van der Waals surface area contributed by atoms with Crippen molar-refractivity contribution in [2.45, 2.75) is 13.8 Å². The number of methoxy groups -OCH3 is 1. The summed E-state index contributed by atoms with van der Waals surface area (Å²) in [4.78, 5) is 36.6. The van der Waals surface area contributed by atoms with Gasteiger partial charge in [0.2, 0.25) is 0 Å². The zero-order chi connectivity index (χ0) is 25.2. The maximum absolute atomic E-state index is 12.3. The fraction of sp³-hybridized carbons (Fsp3) is 0.154. The number of amides is 3. The number of aryl methyl sites for hydroxylation is 1. The smallest absolute Gasteiger partial charge is 0.329 e. The van der Waals surface area contributed by atoms with Crippen LogP contribution in [0.25, 0.3) is 0 Å². The molecule has 3 N–H and O–H groups in total. The van der Waals surface area contributed by atoms with Crippen molar-refractivity contribution >= 4 is 35.3 Å². The van der Waals surface area contributed by atoms with Gasteiger partial charge in [-0.05, 0) is 55.3 Å². The van der Waals surface area contributed by atoms with Crippen molar-refractivity contribution in [3.05, 3.63) is 83.4 Å². The lowest BCUT2D eigenvalue weighted by Crippen LogP contribution is -2.32. The van der Waals surface area contributed by atoms with E-state index in [1.54, 1.807) is 67.8 Å². The molecule has 35 heavy (non-hydrogen) atoms. The molecule has 9 heteroatoms. The lowest BCUT2D eigenvalue weighted by molar-refractivity contribution is -0.136. The normalized spacial score (nSPS) is 10.5. The van der Waals surface area contributed by atoms with Crippen LogP contribution in [0.1, 0.15) is 16.7 Å². The molecule has 0 aliphatic heterocycles. The van der Waals surface area contributed by atoms with E-state index in [4.69, 9.17) is 9.47 Å². The SMILES string of the molecule is COc1cccc(NC(=O)COc2ccccc2/C=N\NC(=O)C(=O)Nc2cccc(C)c2C)c1. The van der Waals surface area contributed by atoms with Crippen LogP contribution in [0.4, 0.5) is 11.4 Å². The summed E-state index contributed by atoms with van der Waals surface area (Å²) < 4.78 is 10.7. The fourth-order valence-electron chi connectivity index (χ4n) is 3.04. The number of nitrogens with zero attached hydrogens (tertiary/aromatic N) is 1. The third-order valence-corrected chi connectivity index (χ3v) is 5.06. The van der Waals surface area contributed by atoms with Gasteiger partial charge in [0.05, 0.1) is 13.3 Å². The summed E-state index contributed by atoms with van der Waals surface area (Å²) in [7, 11) is 1.54. The molecular weight excluding hydrogens is 448 g/mol. The Balaban J connectivity index is 1.54. The third-order valence-electron chi connectivity index (χ3n) is 5.06. The maximum atomic E-state index is 12.3. The van der Waals surface area contributed by atoms with Crippen LogP contribution in [0.5, 0.6) is 11.5 Å². The standard InChI is InChI=1S/C26H26N4O5/c1-17-8-6-12-22(18(17)2)29-25(32)26(33)30-27-15-19-9-4-5-13-23(19)35-16-24(31)28-20-10-7-11-21(14-20)34-3/h4-15H,16H2,1-3H3,(H,28,31)(H,29,32)(H,30,33)/b27-15-. The number of nitrogens with one attached hydrogen (secondary N) is 3. The van der Waals surface area contributed by atoms with Crippen molar-refractivity contribution in [2.24, 2.45) is 5.10 Å². The van der Waals surface area contributed by atoms with Crippen LogP contribution in [0.2, 0.25) is 0 Å². The number of carbonyl (C=O) groups is 3. The number of hydrogen-bond acceptors (Lipinski definition) is 6. The van der Waals surface area contributed by atoms with Crippen LogP contribution in [-0.2, 0) is 14.4 Å². The van der Waals surface area contributed by atoms with Gasteiger partial charge in [0, 0.05) is 23.0 Å². The van der Waals surface area contributed by atoms with Gasteiger partial charge in [-0.15, -0.1) is 0 Å². The average molecular weight is 475 g/mol.